The van der Waals surface area contributed by atoms with Crippen molar-refractivity contribution in [3.05, 3.63) is 54.6 Å². The molecule has 0 aromatic carbocycles. The highest BCUT2D eigenvalue weighted by atomic mass is 32.2. The Hall–Kier alpha value is -2.32. The van der Waals surface area contributed by atoms with Crippen LogP contribution in [0.3, 0.4) is 0 Å². The molecule has 132 valence electrons. The molecule has 1 unspecified atom stereocenters. The Morgan fingerprint density at radius 1 is 1.20 bits per heavy atom. The molecule has 3 rings (SSSR count). The molecule has 0 bridgehead atoms. The van der Waals surface area contributed by atoms with E-state index in [4.69, 9.17) is 0 Å². The maximum Gasteiger partial charge on any atom is 0.252 e. The lowest BCUT2D eigenvalue weighted by Gasteiger charge is -2.31. The number of nitrogens with zero attached hydrogens (tertiary/aromatic N) is 3. The summed E-state index contributed by atoms with van der Waals surface area (Å²) in [6.45, 7) is 1.32. The molecule has 2 aromatic rings. The molecule has 1 amide bonds. The van der Waals surface area contributed by atoms with Crippen LogP contribution in [-0.4, -0.2) is 48.2 Å². The summed E-state index contributed by atoms with van der Waals surface area (Å²) >= 11 is 0. The number of aromatic nitrogens is 2. The average Bonchev–Trinajstić information content (AvgIpc) is 2.67. The normalized spacial score (nSPS) is 18.6. The van der Waals surface area contributed by atoms with Gasteiger partial charge in [0.1, 0.15) is 4.90 Å². The Balaban J connectivity index is 1.61. The Morgan fingerprint density at radius 3 is 2.64 bits per heavy atom. The minimum Gasteiger partial charge on any atom is -0.352 e. The van der Waals surface area contributed by atoms with E-state index < -0.39 is 10.0 Å². The van der Waals surface area contributed by atoms with Gasteiger partial charge in [-0.25, -0.2) is 8.42 Å². The van der Waals surface area contributed by atoms with Gasteiger partial charge in [-0.2, -0.15) is 4.31 Å². The fraction of sp³-hybridized carbons (Fsp3) is 0.353. The molecule has 25 heavy (non-hydrogen) atoms. The van der Waals surface area contributed by atoms with Crippen molar-refractivity contribution in [3.63, 3.8) is 0 Å². The van der Waals surface area contributed by atoms with Crippen molar-refractivity contribution in [1.82, 2.24) is 19.6 Å². The van der Waals surface area contributed by atoms with Gasteiger partial charge in [-0.1, -0.05) is 0 Å². The zero-order valence-corrected chi connectivity index (χ0v) is 14.5. The second kappa shape index (κ2) is 7.71. The lowest BCUT2D eigenvalue weighted by molar-refractivity contribution is 0.0941. The van der Waals surface area contributed by atoms with Gasteiger partial charge in [0.15, 0.2) is 0 Å². The van der Waals surface area contributed by atoms with Crippen molar-refractivity contribution in [2.24, 2.45) is 5.92 Å². The molecule has 1 aliphatic rings. The Bertz CT molecular complexity index is 812. The van der Waals surface area contributed by atoms with Gasteiger partial charge in [0.05, 0.1) is 5.56 Å². The first-order valence-electron chi connectivity index (χ1n) is 8.16. The van der Waals surface area contributed by atoms with Crippen LogP contribution in [-0.2, 0) is 10.0 Å². The molecule has 3 heterocycles. The van der Waals surface area contributed by atoms with E-state index in [1.54, 1.807) is 36.7 Å². The second-order valence-corrected chi connectivity index (χ2v) is 7.95. The van der Waals surface area contributed by atoms with Crippen molar-refractivity contribution in [2.45, 2.75) is 17.7 Å². The number of rotatable bonds is 5. The van der Waals surface area contributed by atoms with Crippen LogP contribution in [0.2, 0.25) is 0 Å². The van der Waals surface area contributed by atoms with Gasteiger partial charge in [0.25, 0.3) is 5.91 Å². The van der Waals surface area contributed by atoms with Gasteiger partial charge in [0.2, 0.25) is 10.0 Å². The first kappa shape index (κ1) is 17.5. The van der Waals surface area contributed by atoms with E-state index in [1.807, 2.05) is 0 Å². The third-order valence-electron chi connectivity index (χ3n) is 4.23. The van der Waals surface area contributed by atoms with E-state index in [9.17, 15) is 13.2 Å². The molecule has 1 N–H and O–H groups in total. The van der Waals surface area contributed by atoms with Gasteiger partial charge < -0.3 is 5.32 Å². The van der Waals surface area contributed by atoms with Crippen LogP contribution in [0, 0.1) is 5.92 Å². The topological polar surface area (TPSA) is 92.3 Å². The van der Waals surface area contributed by atoms with E-state index in [1.165, 1.54) is 16.7 Å². The predicted octanol–water partition coefficient (Wildman–Crippen LogP) is 1.31. The highest BCUT2D eigenvalue weighted by Crippen LogP contribution is 2.23. The lowest BCUT2D eigenvalue weighted by Crippen LogP contribution is -2.43. The number of carbonyl (C=O) groups is 1. The third kappa shape index (κ3) is 4.21. The molecule has 1 saturated heterocycles. The molecule has 0 spiro atoms. The number of pyridine rings is 2. The average molecular weight is 360 g/mol. The highest BCUT2D eigenvalue weighted by molar-refractivity contribution is 7.89. The Labute approximate surface area is 147 Å². The van der Waals surface area contributed by atoms with Crippen LogP contribution in [0.25, 0.3) is 0 Å². The first-order valence-corrected chi connectivity index (χ1v) is 9.60. The van der Waals surface area contributed by atoms with Crippen molar-refractivity contribution in [1.29, 1.82) is 0 Å². The summed E-state index contributed by atoms with van der Waals surface area (Å²) in [4.78, 5) is 20.1. The maximum atomic E-state index is 12.7. The van der Waals surface area contributed by atoms with E-state index in [0.29, 0.717) is 25.2 Å². The van der Waals surface area contributed by atoms with Crippen molar-refractivity contribution >= 4 is 15.9 Å². The monoisotopic (exact) mass is 360 g/mol. The minimum atomic E-state index is -3.54. The Morgan fingerprint density at radius 2 is 1.96 bits per heavy atom. The lowest BCUT2D eigenvalue weighted by atomic mass is 9.99. The quantitative estimate of drug-likeness (QED) is 0.868. The van der Waals surface area contributed by atoms with E-state index >= 15 is 0 Å². The summed E-state index contributed by atoms with van der Waals surface area (Å²) in [7, 11) is -3.54. The molecule has 2 aromatic heterocycles. The zero-order valence-electron chi connectivity index (χ0n) is 13.7. The number of piperidine rings is 1. The molecular weight excluding hydrogens is 340 g/mol. The molecule has 1 atom stereocenters. The SMILES string of the molecule is O=C(NCC1CCCN(S(=O)(=O)c2cccnc2)C1)c1cccnc1. The van der Waals surface area contributed by atoms with Crippen LogP contribution < -0.4 is 5.32 Å². The highest BCUT2D eigenvalue weighted by Gasteiger charge is 2.30. The summed E-state index contributed by atoms with van der Waals surface area (Å²) in [5.41, 5.74) is 0.498. The molecule has 1 fully saturated rings. The zero-order chi connectivity index (χ0) is 17.7. The fourth-order valence-corrected chi connectivity index (χ4v) is 4.42. The number of hydrogen-bond acceptors (Lipinski definition) is 5. The van der Waals surface area contributed by atoms with Crippen LogP contribution in [0.4, 0.5) is 0 Å². The van der Waals surface area contributed by atoms with Crippen LogP contribution >= 0.6 is 0 Å². The molecule has 1 aliphatic heterocycles. The standard InChI is InChI=1S/C17H20N4O3S/c22-17(15-5-1-7-18-11-15)20-10-14-4-3-9-21(13-14)25(23,24)16-6-2-8-19-12-16/h1-2,5-8,11-12,14H,3-4,9-10,13H2,(H,20,22). The summed E-state index contributed by atoms with van der Waals surface area (Å²) in [5.74, 6) is -0.110. The van der Waals surface area contributed by atoms with Gasteiger partial charge in [-0.05, 0) is 43.0 Å². The Kier molecular flexibility index (Phi) is 5.40. The van der Waals surface area contributed by atoms with Crippen molar-refractivity contribution in [3.8, 4) is 0 Å². The smallest absolute Gasteiger partial charge is 0.252 e. The third-order valence-corrected chi connectivity index (χ3v) is 6.08. The van der Waals surface area contributed by atoms with Gasteiger partial charge in [-0.3, -0.25) is 14.8 Å². The van der Waals surface area contributed by atoms with E-state index in [-0.39, 0.29) is 16.7 Å². The fourth-order valence-electron chi connectivity index (χ4n) is 2.90. The van der Waals surface area contributed by atoms with Crippen LogP contribution in [0.15, 0.2) is 53.9 Å². The maximum absolute atomic E-state index is 12.7. The first-order chi connectivity index (χ1) is 12.1. The number of sulfonamides is 1. The number of amides is 1. The number of nitrogens with one attached hydrogen (secondary N) is 1. The molecule has 8 heteroatoms. The molecule has 7 nitrogen and oxygen atoms in total. The summed E-state index contributed by atoms with van der Waals surface area (Å²) in [5, 5.41) is 2.87. The predicted molar refractivity (Wildman–Crippen MR) is 92.3 cm³/mol. The van der Waals surface area contributed by atoms with E-state index in [2.05, 4.69) is 15.3 Å². The van der Waals surface area contributed by atoms with E-state index in [0.717, 1.165) is 12.8 Å². The molecular formula is C17H20N4O3S. The summed E-state index contributed by atoms with van der Waals surface area (Å²) in [6.07, 6.45) is 7.68. The van der Waals surface area contributed by atoms with Crippen molar-refractivity contribution < 1.29 is 13.2 Å². The second-order valence-electron chi connectivity index (χ2n) is 6.01. The largest absolute Gasteiger partial charge is 0.352 e. The molecule has 0 aliphatic carbocycles. The summed E-state index contributed by atoms with van der Waals surface area (Å²) < 4.78 is 26.8. The van der Waals surface area contributed by atoms with Crippen LogP contribution in [0.5, 0.6) is 0 Å². The van der Waals surface area contributed by atoms with Crippen molar-refractivity contribution in [2.75, 3.05) is 19.6 Å². The molecule has 0 saturated carbocycles. The molecule has 0 radical (unpaired) electrons. The van der Waals surface area contributed by atoms with Crippen LogP contribution in [0.1, 0.15) is 23.2 Å². The summed E-state index contributed by atoms with van der Waals surface area (Å²) in [6, 6.07) is 6.57. The van der Waals surface area contributed by atoms with Gasteiger partial charge in [-0.15, -0.1) is 0 Å². The number of hydrogen-bond donors (Lipinski definition) is 1. The number of carbonyl (C=O) groups excluding carboxylic acids is 1. The minimum absolute atomic E-state index is 0.0841. The van der Waals surface area contributed by atoms with Gasteiger partial charge >= 0.3 is 0 Å². The van der Waals surface area contributed by atoms with Gasteiger partial charge in [0, 0.05) is 44.4 Å².